The van der Waals surface area contributed by atoms with Gasteiger partial charge in [-0.05, 0) is 36.8 Å². The number of ether oxygens (including phenoxy) is 2. The molecule has 0 spiro atoms. The number of hydrogen-bond acceptors (Lipinski definition) is 5. The number of hydrogen-bond donors (Lipinski definition) is 1. The molecule has 1 saturated heterocycles. The minimum Gasteiger partial charge on any atom is -0.468 e. The first-order valence-corrected chi connectivity index (χ1v) is 9.30. The highest BCUT2D eigenvalue weighted by Crippen LogP contribution is 2.36. The van der Waals surface area contributed by atoms with Crippen molar-refractivity contribution in [3.05, 3.63) is 71.5 Å². The first kappa shape index (κ1) is 18.1. The molecule has 0 radical (unpaired) electrons. The van der Waals surface area contributed by atoms with Gasteiger partial charge in [0.25, 0.3) is 5.91 Å². The Morgan fingerprint density at radius 1 is 1.18 bits per heavy atom. The van der Waals surface area contributed by atoms with Crippen molar-refractivity contribution in [2.75, 3.05) is 6.54 Å². The summed E-state index contributed by atoms with van der Waals surface area (Å²) >= 11 is 0. The van der Waals surface area contributed by atoms with Crippen LogP contribution in [0.2, 0.25) is 0 Å². The first-order valence-electron chi connectivity index (χ1n) is 9.30. The van der Waals surface area contributed by atoms with Gasteiger partial charge >= 0.3 is 0 Å². The number of amides is 1. The van der Waals surface area contributed by atoms with Crippen LogP contribution in [0.5, 0.6) is 11.5 Å². The summed E-state index contributed by atoms with van der Waals surface area (Å²) in [5.74, 6) is 1.86. The van der Waals surface area contributed by atoms with Gasteiger partial charge in [0.05, 0.1) is 5.57 Å². The predicted octanol–water partition coefficient (Wildman–Crippen LogP) is 4.28. The van der Waals surface area contributed by atoms with Crippen molar-refractivity contribution in [3.63, 3.8) is 0 Å². The third kappa shape index (κ3) is 3.22. The normalized spacial score (nSPS) is 21.5. The van der Waals surface area contributed by atoms with E-state index >= 15 is 0 Å². The molecule has 2 atom stereocenters. The molecular formula is C22H22N2O4. The van der Waals surface area contributed by atoms with Crippen LogP contribution in [0, 0.1) is 0 Å². The smallest absolute Gasteiger partial charge is 0.256 e. The van der Waals surface area contributed by atoms with E-state index in [9.17, 15) is 10.0 Å². The highest BCUT2D eigenvalue weighted by atomic mass is 16.5. The SMILES string of the molecule is CC1=C(C(C)c2cccc(Oc3ccccc3)c2)OC2/C(=N/O)CCN2C1=O. The molecule has 1 fully saturated rings. The van der Waals surface area contributed by atoms with Gasteiger partial charge in [-0.2, -0.15) is 0 Å². The largest absolute Gasteiger partial charge is 0.468 e. The summed E-state index contributed by atoms with van der Waals surface area (Å²) in [6.45, 7) is 4.28. The molecule has 28 heavy (non-hydrogen) atoms. The van der Waals surface area contributed by atoms with Gasteiger partial charge in [0, 0.05) is 18.9 Å². The quantitative estimate of drug-likeness (QED) is 0.637. The monoisotopic (exact) mass is 378 g/mol. The molecular weight excluding hydrogens is 356 g/mol. The lowest BCUT2D eigenvalue weighted by Gasteiger charge is -2.34. The maximum atomic E-state index is 12.7. The molecule has 0 aromatic heterocycles. The molecule has 4 rings (SSSR count). The van der Waals surface area contributed by atoms with Crippen LogP contribution in [0.1, 0.15) is 31.7 Å². The molecule has 6 heteroatoms. The fourth-order valence-corrected chi connectivity index (χ4v) is 3.67. The third-order valence-electron chi connectivity index (χ3n) is 5.23. The Hall–Kier alpha value is -3.28. The molecule has 6 nitrogen and oxygen atoms in total. The summed E-state index contributed by atoms with van der Waals surface area (Å²) in [6, 6.07) is 17.3. The zero-order chi connectivity index (χ0) is 19.7. The van der Waals surface area contributed by atoms with Gasteiger partial charge in [-0.25, -0.2) is 0 Å². The molecule has 2 heterocycles. The maximum Gasteiger partial charge on any atom is 0.256 e. The minimum absolute atomic E-state index is 0.0755. The van der Waals surface area contributed by atoms with E-state index in [2.05, 4.69) is 5.16 Å². The summed E-state index contributed by atoms with van der Waals surface area (Å²) in [6.07, 6.45) is -0.107. The Labute approximate surface area is 163 Å². The number of para-hydroxylation sites is 1. The van der Waals surface area contributed by atoms with Crippen molar-refractivity contribution in [1.82, 2.24) is 4.90 Å². The molecule has 0 saturated carbocycles. The lowest BCUT2D eigenvalue weighted by Crippen LogP contribution is -2.45. The van der Waals surface area contributed by atoms with Crippen LogP contribution in [0.4, 0.5) is 0 Å². The number of carbonyl (C=O) groups excluding carboxylic acids is 1. The fraction of sp³-hybridized carbons (Fsp3) is 0.273. The van der Waals surface area contributed by atoms with Gasteiger partial charge < -0.3 is 14.7 Å². The van der Waals surface area contributed by atoms with Crippen molar-refractivity contribution < 1.29 is 19.5 Å². The number of oxime groups is 1. The zero-order valence-electron chi connectivity index (χ0n) is 15.8. The van der Waals surface area contributed by atoms with Gasteiger partial charge in [-0.3, -0.25) is 9.69 Å². The molecule has 0 bridgehead atoms. The number of rotatable bonds is 4. The van der Waals surface area contributed by atoms with Gasteiger partial charge in [0.1, 0.15) is 23.0 Å². The molecule has 2 unspecified atom stereocenters. The Morgan fingerprint density at radius 3 is 2.68 bits per heavy atom. The topological polar surface area (TPSA) is 71.4 Å². The summed E-state index contributed by atoms with van der Waals surface area (Å²) < 4.78 is 12.0. The van der Waals surface area contributed by atoms with Gasteiger partial charge in [-0.15, -0.1) is 0 Å². The van der Waals surface area contributed by atoms with E-state index in [0.29, 0.717) is 30.0 Å². The summed E-state index contributed by atoms with van der Waals surface area (Å²) in [5, 5.41) is 12.5. The van der Waals surface area contributed by atoms with Crippen molar-refractivity contribution >= 4 is 11.6 Å². The molecule has 2 aromatic carbocycles. The van der Waals surface area contributed by atoms with E-state index in [1.54, 1.807) is 11.8 Å². The van der Waals surface area contributed by atoms with Crippen LogP contribution in [-0.2, 0) is 9.53 Å². The fourth-order valence-electron chi connectivity index (χ4n) is 3.67. The van der Waals surface area contributed by atoms with E-state index in [4.69, 9.17) is 9.47 Å². The molecule has 144 valence electrons. The standard InChI is InChI=1S/C22H22N2O4/c1-14(16-7-6-10-18(13-16)27-17-8-4-3-5-9-17)20-15(2)21(25)24-12-11-19(23-26)22(24)28-20/h3-10,13-14,22,26H,11-12H2,1-2H3/b23-19+. The second-order valence-corrected chi connectivity index (χ2v) is 7.01. The second kappa shape index (κ2) is 7.38. The van der Waals surface area contributed by atoms with Crippen LogP contribution in [0.3, 0.4) is 0 Å². The summed E-state index contributed by atoms with van der Waals surface area (Å²) in [4.78, 5) is 14.4. The molecule has 2 aliphatic heterocycles. The van der Waals surface area contributed by atoms with Crippen molar-refractivity contribution in [3.8, 4) is 11.5 Å². The number of benzene rings is 2. The first-order chi connectivity index (χ1) is 13.6. The Bertz CT molecular complexity index is 952. The molecule has 1 N–H and O–H groups in total. The Morgan fingerprint density at radius 2 is 1.93 bits per heavy atom. The van der Waals surface area contributed by atoms with Gasteiger partial charge in [0.15, 0.2) is 0 Å². The Kier molecular flexibility index (Phi) is 4.77. The van der Waals surface area contributed by atoms with Crippen molar-refractivity contribution in [2.24, 2.45) is 5.16 Å². The number of allylic oxidation sites excluding steroid dienone is 1. The maximum absolute atomic E-state index is 12.7. The van der Waals surface area contributed by atoms with Crippen LogP contribution in [0.25, 0.3) is 0 Å². The lowest BCUT2D eigenvalue weighted by atomic mass is 9.95. The van der Waals surface area contributed by atoms with E-state index in [0.717, 1.165) is 17.1 Å². The van der Waals surface area contributed by atoms with Gasteiger partial charge in [-0.1, -0.05) is 42.4 Å². The summed E-state index contributed by atoms with van der Waals surface area (Å²) in [7, 11) is 0. The van der Waals surface area contributed by atoms with Crippen molar-refractivity contribution in [1.29, 1.82) is 0 Å². The number of fused-ring (bicyclic) bond motifs is 1. The average molecular weight is 378 g/mol. The van der Waals surface area contributed by atoms with Crippen molar-refractivity contribution in [2.45, 2.75) is 32.4 Å². The minimum atomic E-state index is -0.623. The molecule has 2 aromatic rings. The third-order valence-corrected chi connectivity index (χ3v) is 5.23. The molecule has 1 amide bonds. The number of carbonyl (C=O) groups is 1. The predicted molar refractivity (Wildman–Crippen MR) is 104 cm³/mol. The summed E-state index contributed by atoms with van der Waals surface area (Å²) in [5.41, 5.74) is 2.04. The number of nitrogens with zero attached hydrogens (tertiary/aromatic N) is 2. The Balaban J connectivity index is 1.61. The van der Waals surface area contributed by atoms with E-state index in [1.165, 1.54) is 0 Å². The molecule has 2 aliphatic rings. The lowest BCUT2D eigenvalue weighted by molar-refractivity contribution is -0.136. The highest BCUT2D eigenvalue weighted by molar-refractivity contribution is 6.01. The van der Waals surface area contributed by atoms with Gasteiger partial charge in [0.2, 0.25) is 6.23 Å². The van der Waals surface area contributed by atoms with Crippen LogP contribution >= 0.6 is 0 Å². The van der Waals surface area contributed by atoms with Crippen LogP contribution < -0.4 is 4.74 Å². The van der Waals surface area contributed by atoms with Crippen LogP contribution in [-0.4, -0.2) is 34.5 Å². The van der Waals surface area contributed by atoms with Crippen LogP contribution in [0.15, 0.2) is 71.1 Å². The van der Waals surface area contributed by atoms with E-state index in [1.807, 2.05) is 61.5 Å². The highest BCUT2D eigenvalue weighted by Gasteiger charge is 2.42. The zero-order valence-corrected chi connectivity index (χ0v) is 15.8. The second-order valence-electron chi connectivity index (χ2n) is 7.01. The van der Waals surface area contributed by atoms with E-state index in [-0.39, 0.29) is 11.8 Å². The molecule has 0 aliphatic carbocycles. The average Bonchev–Trinajstić information content (AvgIpc) is 3.14. The van der Waals surface area contributed by atoms with E-state index < -0.39 is 6.23 Å².